The molecule has 0 saturated heterocycles. The molecule has 0 radical (unpaired) electrons. The third-order valence-electron chi connectivity index (χ3n) is 4.74. The van der Waals surface area contributed by atoms with E-state index in [4.69, 9.17) is 0 Å². The first kappa shape index (κ1) is 18.7. The fourth-order valence-corrected chi connectivity index (χ4v) is 4.97. The molecule has 0 fully saturated rings. The van der Waals surface area contributed by atoms with Crippen molar-refractivity contribution in [1.82, 2.24) is 0 Å². The van der Waals surface area contributed by atoms with Crippen LogP contribution in [0.25, 0.3) is 11.1 Å². The normalized spacial score (nSPS) is 13.1. The van der Waals surface area contributed by atoms with Gasteiger partial charge in [0.25, 0.3) is 20.1 Å². The van der Waals surface area contributed by atoms with Crippen molar-refractivity contribution in [1.29, 1.82) is 0 Å². The van der Waals surface area contributed by atoms with Gasteiger partial charge in [0.15, 0.2) is 0 Å². The lowest BCUT2D eigenvalue weighted by atomic mass is 10.1. The maximum atomic E-state index is 12.7. The Kier molecular flexibility index (Phi) is 4.29. The fraction of sp³-hybridized carbons (Fsp3) is 0.100. The Hall–Kier alpha value is -2.68. The number of anilines is 1. The van der Waals surface area contributed by atoms with Crippen molar-refractivity contribution in [3.8, 4) is 11.1 Å². The molecule has 1 aliphatic rings. The molecule has 0 unspecified atom stereocenters. The van der Waals surface area contributed by atoms with E-state index in [0.717, 1.165) is 27.8 Å². The molecule has 28 heavy (non-hydrogen) atoms. The molecule has 6 nitrogen and oxygen atoms in total. The predicted molar refractivity (Wildman–Crippen MR) is 106 cm³/mol. The number of rotatable bonds is 4. The molecule has 0 aromatic heterocycles. The van der Waals surface area contributed by atoms with Crippen LogP contribution in [0.1, 0.15) is 16.7 Å². The number of nitrogens with one attached hydrogen (secondary N) is 1. The van der Waals surface area contributed by atoms with E-state index < -0.39 is 20.1 Å². The van der Waals surface area contributed by atoms with Crippen LogP contribution >= 0.6 is 0 Å². The zero-order chi connectivity index (χ0) is 20.1. The van der Waals surface area contributed by atoms with Crippen LogP contribution in [-0.4, -0.2) is 21.4 Å². The molecule has 0 saturated carbocycles. The smallest absolute Gasteiger partial charge is 0.282 e. The molecular weight excluding hydrogens is 398 g/mol. The van der Waals surface area contributed by atoms with Gasteiger partial charge in [-0.3, -0.25) is 9.27 Å². The first-order valence-electron chi connectivity index (χ1n) is 8.47. The zero-order valence-electron chi connectivity index (χ0n) is 14.9. The number of aryl methyl sites for hydroxylation is 1. The minimum absolute atomic E-state index is 0.134. The quantitative estimate of drug-likeness (QED) is 0.496. The Bertz CT molecular complexity index is 1290. The highest BCUT2D eigenvalue weighted by Gasteiger charge is 2.24. The van der Waals surface area contributed by atoms with Crippen molar-refractivity contribution >= 4 is 25.8 Å². The Balaban J connectivity index is 1.67. The summed E-state index contributed by atoms with van der Waals surface area (Å²) in [5.74, 6) is 0. The van der Waals surface area contributed by atoms with E-state index in [1.54, 1.807) is 30.3 Å². The largest absolute Gasteiger partial charge is 0.294 e. The summed E-state index contributed by atoms with van der Waals surface area (Å²) in [5.41, 5.74) is 4.71. The molecule has 0 aliphatic heterocycles. The molecule has 0 atom stereocenters. The standard InChI is InChI=1S/C20H17NO5S2/c1-13-2-4-16(5-3-13)21-27(22,23)17-6-8-19-14(11-17)10-15-12-18(28(24,25)26)7-9-20(15)19/h2-9,11-12,21H,10H2,1H3,(H,24,25,26). The molecule has 0 spiro atoms. The van der Waals surface area contributed by atoms with Crippen molar-refractivity contribution in [3.05, 3.63) is 77.4 Å². The van der Waals surface area contributed by atoms with Gasteiger partial charge in [0.05, 0.1) is 9.79 Å². The van der Waals surface area contributed by atoms with Crippen LogP contribution in [0.5, 0.6) is 0 Å². The van der Waals surface area contributed by atoms with Crippen molar-refractivity contribution in [2.75, 3.05) is 4.72 Å². The number of hydrogen-bond acceptors (Lipinski definition) is 4. The maximum Gasteiger partial charge on any atom is 0.294 e. The Labute approximate surface area is 163 Å². The number of hydrogen-bond donors (Lipinski definition) is 2. The summed E-state index contributed by atoms with van der Waals surface area (Å²) in [7, 11) is -8.04. The van der Waals surface area contributed by atoms with Crippen LogP contribution in [0.2, 0.25) is 0 Å². The monoisotopic (exact) mass is 415 g/mol. The Morgan fingerprint density at radius 3 is 1.89 bits per heavy atom. The van der Waals surface area contributed by atoms with E-state index in [0.29, 0.717) is 12.1 Å². The predicted octanol–water partition coefficient (Wildman–Crippen LogP) is 3.61. The second-order valence-electron chi connectivity index (χ2n) is 6.76. The molecule has 8 heteroatoms. The summed E-state index contributed by atoms with van der Waals surface area (Å²) in [6.45, 7) is 1.92. The first-order chi connectivity index (χ1) is 13.1. The first-order valence-corrected chi connectivity index (χ1v) is 11.4. The molecule has 3 aromatic rings. The van der Waals surface area contributed by atoms with Gasteiger partial charge in [0.1, 0.15) is 0 Å². The van der Waals surface area contributed by atoms with Crippen LogP contribution in [0.4, 0.5) is 5.69 Å². The van der Waals surface area contributed by atoms with Gasteiger partial charge in [-0.25, -0.2) is 8.42 Å². The average molecular weight is 415 g/mol. The number of sulfonamides is 1. The highest BCUT2D eigenvalue weighted by molar-refractivity contribution is 7.92. The van der Waals surface area contributed by atoms with Crippen LogP contribution in [0.15, 0.2) is 70.5 Å². The van der Waals surface area contributed by atoms with Gasteiger partial charge in [-0.1, -0.05) is 29.8 Å². The molecule has 0 heterocycles. The second kappa shape index (κ2) is 6.44. The number of fused-ring (bicyclic) bond motifs is 3. The van der Waals surface area contributed by atoms with Gasteiger partial charge < -0.3 is 0 Å². The van der Waals surface area contributed by atoms with Gasteiger partial charge in [-0.05, 0) is 72.0 Å². The highest BCUT2D eigenvalue weighted by Crippen LogP contribution is 2.38. The molecule has 2 N–H and O–H groups in total. The minimum Gasteiger partial charge on any atom is -0.282 e. The van der Waals surface area contributed by atoms with Gasteiger partial charge in [0, 0.05) is 5.69 Å². The molecule has 3 aromatic carbocycles. The zero-order valence-corrected chi connectivity index (χ0v) is 16.5. The van der Waals surface area contributed by atoms with Crippen molar-refractivity contribution < 1.29 is 21.4 Å². The summed E-state index contributed by atoms with van der Waals surface area (Å²) in [6.07, 6.45) is 0.391. The van der Waals surface area contributed by atoms with Gasteiger partial charge in [0.2, 0.25) is 0 Å². The summed E-state index contributed by atoms with van der Waals surface area (Å²) in [4.78, 5) is -0.0393. The molecule has 0 bridgehead atoms. The van der Waals surface area contributed by atoms with E-state index in [2.05, 4.69) is 4.72 Å². The summed E-state index contributed by atoms with van der Waals surface area (Å²) in [5, 5.41) is 0. The topological polar surface area (TPSA) is 101 Å². The van der Waals surface area contributed by atoms with E-state index in [1.165, 1.54) is 18.2 Å². The van der Waals surface area contributed by atoms with E-state index >= 15 is 0 Å². The van der Waals surface area contributed by atoms with Gasteiger partial charge in [-0.2, -0.15) is 8.42 Å². The van der Waals surface area contributed by atoms with E-state index in [-0.39, 0.29) is 9.79 Å². The lowest BCUT2D eigenvalue weighted by Crippen LogP contribution is -2.13. The Morgan fingerprint density at radius 1 is 0.786 bits per heavy atom. The van der Waals surface area contributed by atoms with E-state index in [1.807, 2.05) is 19.1 Å². The van der Waals surface area contributed by atoms with Crippen LogP contribution in [-0.2, 0) is 26.6 Å². The Morgan fingerprint density at radius 2 is 1.32 bits per heavy atom. The highest BCUT2D eigenvalue weighted by atomic mass is 32.2. The molecule has 1 aliphatic carbocycles. The summed E-state index contributed by atoms with van der Waals surface area (Å²) >= 11 is 0. The van der Waals surface area contributed by atoms with Crippen molar-refractivity contribution in [3.63, 3.8) is 0 Å². The third-order valence-corrected chi connectivity index (χ3v) is 6.97. The van der Waals surface area contributed by atoms with Gasteiger partial charge >= 0.3 is 0 Å². The average Bonchev–Trinajstić information content (AvgIpc) is 2.99. The summed E-state index contributed by atoms with van der Waals surface area (Å²) < 4.78 is 59.9. The molecule has 4 rings (SSSR count). The minimum atomic E-state index is -4.29. The van der Waals surface area contributed by atoms with Crippen molar-refractivity contribution in [2.24, 2.45) is 0 Å². The van der Waals surface area contributed by atoms with Crippen molar-refractivity contribution in [2.45, 2.75) is 23.1 Å². The van der Waals surface area contributed by atoms with Crippen LogP contribution in [0.3, 0.4) is 0 Å². The van der Waals surface area contributed by atoms with E-state index in [9.17, 15) is 21.4 Å². The molecule has 144 valence electrons. The van der Waals surface area contributed by atoms with Crippen LogP contribution < -0.4 is 4.72 Å². The molecular formula is C20H17NO5S2. The molecule has 0 amide bonds. The third kappa shape index (κ3) is 3.42. The van der Waals surface area contributed by atoms with Gasteiger partial charge in [-0.15, -0.1) is 0 Å². The lowest BCUT2D eigenvalue weighted by molar-refractivity contribution is 0.483. The summed E-state index contributed by atoms with van der Waals surface area (Å²) in [6, 6.07) is 16.3. The fourth-order valence-electron chi connectivity index (χ4n) is 3.33. The SMILES string of the molecule is Cc1ccc(NS(=O)(=O)c2ccc3c(c2)Cc2cc(S(=O)(=O)O)ccc2-3)cc1. The lowest BCUT2D eigenvalue weighted by Gasteiger charge is -2.10. The number of benzene rings is 3. The maximum absolute atomic E-state index is 12.7. The second-order valence-corrected chi connectivity index (χ2v) is 9.87. The van der Waals surface area contributed by atoms with Crippen LogP contribution in [0, 0.1) is 6.92 Å².